The molecule has 0 radical (unpaired) electrons. The summed E-state index contributed by atoms with van der Waals surface area (Å²) in [7, 11) is 0. The summed E-state index contributed by atoms with van der Waals surface area (Å²) in [6.45, 7) is 10.9. The molecule has 0 spiro atoms. The van der Waals surface area contributed by atoms with Gasteiger partial charge < -0.3 is 0 Å². The van der Waals surface area contributed by atoms with Crippen LogP contribution in [0.2, 0.25) is 0 Å². The van der Waals surface area contributed by atoms with Crippen LogP contribution >= 0.6 is 0 Å². The van der Waals surface area contributed by atoms with E-state index < -0.39 is 0 Å². The summed E-state index contributed by atoms with van der Waals surface area (Å²) >= 11 is 0. The van der Waals surface area contributed by atoms with Crippen molar-refractivity contribution < 1.29 is 4.79 Å². The monoisotopic (exact) mass is 354 g/mol. The Morgan fingerprint density at radius 3 is 1.64 bits per heavy atom. The summed E-state index contributed by atoms with van der Waals surface area (Å²) in [6.07, 6.45) is 17.1. The molecule has 1 unspecified atom stereocenters. The Labute approximate surface area is 158 Å². The highest BCUT2D eigenvalue weighted by Crippen LogP contribution is 2.13. The van der Waals surface area contributed by atoms with E-state index in [9.17, 15) is 4.79 Å². The Morgan fingerprint density at radius 1 is 0.720 bits per heavy atom. The van der Waals surface area contributed by atoms with Crippen molar-refractivity contribution in [3.05, 3.63) is 0 Å². The van der Waals surface area contributed by atoms with Gasteiger partial charge >= 0.3 is 0 Å². The third kappa shape index (κ3) is 14.3. The van der Waals surface area contributed by atoms with E-state index in [1.807, 2.05) is 0 Å². The molecular formula is C22H46N2O. The van der Waals surface area contributed by atoms with Gasteiger partial charge in [-0.2, -0.15) is 0 Å². The third-order valence-electron chi connectivity index (χ3n) is 5.10. The fraction of sp³-hybridized carbons (Fsp3) is 0.955. The first-order chi connectivity index (χ1) is 12.2. The molecule has 3 nitrogen and oxygen atoms in total. The first kappa shape index (κ1) is 24.4. The lowest BCUT2D eigenvalue weighted by Crippen LogP contribution is -2.46. The molecule has 0 saturated carbocycles. The second kappa shape index (κ2) is 18.2. The number of carbonyl (C=O) groups is 1. The molecule has 150 valence electrons. The number of nitrogens with one attached hydrogen (secondary N) is 1. The molecule has 0 aliphatic carbocycles. The topological polar surface area (TPSA) is 32.3 Å². The zero-order chi connectivity index (χ0) is 18.8. The van der Waals surface area contributed by atoms with Crippen LogP contribution < -0.4 is 5.43 Å². The number of unbranched alkanes of at least 4 members (excludes halogenated alkanes) is 9. The molecule has 0 heterocycles. The van der Waals surface area contributed by atoms with E-state index in [4.69, 9.17) is 0 Å². The van der Waals surface area contributed by atoms with Crippen molar-refractivity contribution in [3.8, 4) is 0 Å². The van der Waals surface area contributed by atoms with Crippen molar-refractivity contribution in [2.45, 2.75) is 118 Å². The van der Waals surface area contributed by atoms with Gasteiger partial charge in [-0.05, 0) is 25.7 Å². The molecule has 1 amide bonds. The maximum Gasteiger partial charge on any atom is 0.237 e. The van der Waals surface area contributed by atoms with Gasteiger partial charge in [-0.25, -0.2) is 5.01 Å². The third-order valence-corrected chi connectivity index (χ3v) is 5.10. The van der Waals surface area contributed by atoms with Crippen molar-refractivity contribution >= 4 is 5.91 Å². The Morgan fingerprint density at radius 2 is 1.20 bits per heavy atom. The number of hydrogen-bond acceptors (Lipinski definition) is 2. The molecule has 0 aromatic heterocycles. The summed E-state index contributed by atoms with van der Waals surface area (Å²) in [5, 5.41) is 2.22. The van der Waals surface area contributed by atoms with E-state index in [2.05, 4.69) is 38.1 Å². The van der Waals surface area contributed by atoms with Crippen LogP contribution in [0.25, 0.3) is 0 Å². The molecule has 0 aliphatic heterocycles. The van der Waals surface area contributed by atoms with Crippen LogP contribution in [0.4, 0.5) is 0 Å². The second-order valence-electron chi connectivity index (χ2n) is 7.54. The molecule has 0 fully saturated rings. The van der Waals surface area contributed by atoms with E-state index in [1.54, 1.807) is 0 Å². The van der Waals surface area contributed by atoms with Gasteiger partial charge in [0.2, 0.25) is 5.91 Å². The molecule has 3 heteroatoms. The number of nitrogens with zero attached hydrogens (tertiary/aromatic N) is 1. The number of amides is 1. The standard InChI is InChI=1S/C22H46N2O/c1-5-9-12-14-16-19-24(20-17-15-13-10-6-2)23-22(25)21(8-4)18-11-7-3/h21H,5-20H2,1-4H3,(H,23,25). The number of hydrazine groups is 1. The summed E-state index contributed by atoms with van der Waals surface area (Å²) in [5.74, 6) is 0.431. The lowest BCUT2D eigenvalue weighted by molar-refractivity contribution is -0.130. The van der Waals surface area contributed by atoms with Crippen molar-refractivity contribution in [3.63, 3.8) is 0 Å². The highest BCUT2D eigenvalue weighted by molar-refractivity contribution is 5.78. The van der Waals surface area contributed by atoms with Crippen LogP contribution in [0.5, 0.6) is 0 Å². The lowest BCUT2D eigenvalue weighted by Gasteiger charge is -2.26. The molecule has 25 heavy (non-hydrogen) atoms. The van der Waals surface area contributed by atoms with Crippen LogP contribution in [0.15, 0.2) is 0 Å². The molecule has 1 atom stereocenters. The quantitative estimate of drug-likeness (QED) is 0.226. The van der Waals surface area contributed by atoms with Gasteiger partial charge in [0.15, 0.2) is 0 Å². The predicted molar refractivity (Wildman–Crippen MR) is 111 cm³/mol. The predicted octanol–water partition coefficient (Wildman–Crippen LogP) is 6.48. The average molecular weight is 355 g/mol. The summed E-state index contributed by atoms with van der Waals surface area (Å²) < 4.78 is 0. The first-order valence-electron chi connectivity index (χ1n) is 11.2. The molecule has 0 rings (SSSR count). The lowest BCUT2D eigenvalue weighted by atomic mass is 9.99. The minimum Gasteiger partial charge on any atom is -0.289 e. The van der Waals surface area contributed by atoms with E-state index >= 15 is 0 Å². The van der Waals surface area contributed by atoms with E-state index in [-0.39, 0.29) is 11.8 Å². The maximum absolute atomic E-state index is 12.6. The van der Waals surface area contributed by atoms with Gasteiger partial charge in [-0.3, -0.25) is 10.2 Å². The SMILES string of the molecule is CCCCCCCN(CCCCCCC)NC(=O)C(CC)CCCC. The van der Waals surface area contributed by atoms with Gasteiger partial charge in [-0.15, -0.1) is 0 Å². The van der Waals surface area contributed by atoms with Crippen molar-refractivity contribution in [2.24, 2.45) is 5.92 Å². The van der Waals surface area contributed by atoms with Crippen LogP contribution in [-0.4, -0.2) is 24.0 Å². The zero-order valence-electron chi connectivity index (χ0n) is 17.7. The van der Waals surface area contributed by atoms with Crippen molar-refractivity contribution in [1.29, 1.82) is 0 Å². The Kier molecular flexibility index (Phi) is 17.8. The molecule has 0 saturated heterocycles. The van der Waals surface area contributed by atoms with Gasteiger partial charge in [0.1, 0.15) is 0 Å². The van der Waals surface area contributed by atoms with Gasteiger partial charge in [-0.1, -0.05) is 91.9 Å². The van der Waals surface area contributed by atoms with Crippen LogP contribution in [-0.2, 0) is 4.79 Å². The summed E-state index contributed by atoms with van der Waals surface area (Å²) in [6, 6.07) is 0. The smallest absolute Gasteiger partial charge is 0.237 e. The molecule has 0 aromatic carbocycles. The average Bonchev–Trinajstić information content (AvgIpc) is 2.61. The van der Waals surface area contributed by atoms with Gasteiger partial charge in [0.25, 0.3) is 0 Å². The van der Waals surface area contributed by atoms with Crippen molar-refractivity contribution in [2.75, 3.05) is 13.1 Å². The summed E-state index contributed by atoms with van der Waals surface area (Å²) in [5.41, 5.74) is 3.25. The maximum atomic E-state index is 12.6. The molecule has 0 aliphatic rings. The minimum atomic E-state index is 0.183. The number of rotatable bonds is 18. The summed E-state index contributed by atoms with van der Waals surface area (Å²) in [4.78, 5) is 12.6. The molecule has 0 bridgehead atoms. The number of carbonyl (C=O) groups excluding carboxylic acids is 1. The largest absolute Gasteiger partial charge is 0.289 e. The van der Waals surface area contributed by atoms with E-state index in [0.29, 0.717) is 0 Å². The van der Waals surface area contributed by atoms with Crippen LogP contribution in [0.1, 0.15) is 118 Å². The van der Waals surface area contributed by atoms with Gasteiger partial charge in [0.05, 0.1) is 0 Å². The first-order valence-corrected chi connectivity index (χ1v) is 11.2. The highest BCUT2D eigenvalue weighted by Gasteiger charge is 2.18. The van der Waals surface area contributed by atoms with E-state index in [0.717, 1.165) is 32.4 Å². The molecule has 0 aromatic rings. The highest BCUT2D eigenvalue weighted by atomic mass is 16.2. The fourth-order valence-electron chi connectivity index (χ4n) is 3.25. The Hall–Kier alpha value is -0.570. The normalized spacial score (nSPS) is 12.5. The zero-order valence-corrected chi connectivity index (χ0v) is 17.7. The van der Waals surface area contributed by atoms with Crippen LogP contribution in [0, 0.1) is 5.92 Å². The minimum absolute atomic E-state index is 0.183. The molecule has 1 N–H and O–H groups in total. The second-order valence-corrected chi connectivity index (χ2v) is 7.54. The number of hydrogen-bond donors (Lipinski definition) is 1. The Bertz CT molecular complexity index is 280. The van der Waals surface area contributed by atoms with Crippen molar-refractivity contribution in [1.82, 2.24) is 10.4 Å². The molecular weight excluding hydrogens is 308 g/mol. The van der Waals surface area contributed by atoms with Gasteiger partial charge in [0, 0.05) is 19.0 Å². The fourth-order valence-corrected chi connectivity index (χ4v) is 3.25. The Balaban J connectivity index is 4.29. The van der Waals surface area contributed by atoms with E-state index in [1.165, 1.54) is 70.6 Å². The van der Waals surface area contributed by atoms with Crippen LogP contribution in [0.3, 0.4) is 0 Å².